The van der Waals surface area contributed by atoms with Gasteiger partial charge in [0.2, 0.25) is 0 Å². The summed E-state index contributed by atoms with van der Waals surface area (Å²) in [7, 11) is -2.35. The Kier molecular flexibility index (Phi) is 5.22. The smallest absolute Gasteiger partial charge is 0.309 e. The monoisotopic (exact) mass is 484 g/mol. The molecule has 0 heterocycles. The highest BCUT2D eigenvalue weighted by atomic mass is 80.0. The Bertz CT molecular complexity index is 468. The number of hydrogen-bond acceptors (Lipinski definition) is 5. The molecule has 5 nitrogen and oxygen atoms in total. The maximum Gasteiger partial charge on any atom is 0.309 e. The van der Waals surface area contributed by atoms with Crippen molar-refractivity contribution in [3.8, 4) is 0 Å². The maximum atomic E-state index is 11.7. The van der Waals surface area contributed by atoms with Crippen molar-refractivity contribution in [3.63, 3.8) is 0 Å². The number of carbonyl (C=O) groups excluding carboxylic acids is 1. The third-order valence-electron chi connectivity index (χ3n) is 3.29. The van der Waals surface area contributed by atoms with E-state index < -0.39 is 29.7 Å². The lowest BCUT2D eigenvalue weighted by Crippen LogP contribution is -2.34. The number of ether oxygens (including phenoxy) is 1. The fourth-order valence-electron chi connectivity index (χ4n) is 2.33. The van der Waals surface area contributed by atoms with E-state index in [1.54, 1.807) is 0 Å². The van der Waals surface area contributed by atoms with Gasteiger partial charge in [-0.2, -0.15) is 8.42 Å². The van der Waals surface area contributed by atoms with Crippen molar-refractivity contribution >= 4 is 63.9 Å². The van der Waals surface area contributed by atoms with E-state index in [0.29, 0.717) is 0 Å². The van der Waals surface area contributed by atoms with Crippen molar-refractivity contribution < 1.29 is 22.1 Å². The fraction of sp³-hybridized carbons (Fsp3) is 0.900. The van der Waals surface area contributed by atoms with Crippen molar-refractivity contribution in [1.82, 2.24) is 0 Å². The van der Waals surface area contributed by atoms with E-state index in [1.807, 2.05) is 13.8 Å². The summed E-state index contributed by atoms with van der Waals surface area (Å²) in [4.78, 5) is 11.7. The SMILES string of the molecule is COC(=O)C1C(C(OS(C)(=O)=O)C(Br)(Br)Br)C1(C)C. The number of rotatable bonds is 4. The number of carbonyl (C=O) groups is 1. The molecule has 0 bridgehead atoms. The van der Waals surface area contributed by atoms with Gasteiger partial charge in [-0.05, 0) is 5.41 Å². The normalized spacial score (nSPS) is 27.7. The lowest BCUT2D eigenvalue weighted by molar-refractivity contribution is -0.143. The summed E-state index contributed by atoms with van der Waals surface area (Å²) in [5.74, 6) is -1.07. The number of halogens is 3. The Hall–Kier alpha value is 0.820. The summed E-state index contributed by atoms with van der Waals surface area (Å²) < 4.78 is 31.7. The van der Waals surface area contributed by atoms with Crippen LogP contribution >= 0.6 is 47.8 Å². The average Bonchev–Trinajstić information content (AvgIpc) is 2.73. The Balaban J connectivity index is 3.05. The second kappa shape index (κ2) is 5.55. The molecule has 0 aromatic rings. The van der Waals surface area contributed by atoms with Gasteiger partial charge in [0.15, 0.2) is 2.14 Å². The molecule has 3 atom stereocenters. The van der Waals surface area contributed by atoms with Crippen LogP contribution in [-0.4, -0.2) is 36.0 Å². The fourth-order valence-corrected chi connectivity index (χ4v) is 4.47. The molecule has 0 spiro atoms. The summed E-state index contributed by atoms with van der Waals surface area (Å²) in [6.07, 6.45) is 0.183. The van der Waals surface area contributed by atoms with E-state index >= 15 is 0 Å². The molecule has 3 unspecified atom stereocenters. The topological polar surface area (TPSA) is 69.7 Å². The predicted octanol–water partition coefficient (Wildman–Crippen LogP) is 2.61. The van der Waals surface area contributed by atoms with Gasteiger partial charge < -0.3 is 4.74 Å². The average molecular weight is 487 g/mol. The van der Waals surface area contributed by atoms with Crippen LogP contribution in [0.15, 0.2) is 0 Å². The van der Waals surface area contributed by atoms with E-state index in [9.17, 15) is 13.2 Å². The van der Waals surface area contributed by atoms with E-state index in [2.05, 4.69) is 47.8 Å². The van der Waals surface area contributed by atoms with Crippen LogP contribution in [0.3, 0.4) is 0 Å². The molecule has 0 aliphatic heterocycles. The lowest BCUT2D eigenvalue weighted by atomic mass is 10.1. The van der Waals surface area contributed by atoms with Gasteiger partial charge in [0, 0.05) is 5.92 Å². The van der Waals surface area contributed by atoms with E-state index in [1.165, 1.54) is 7.11 Å². The Morgan fingerprint density at radius 2 is 1.79 bits per heavy atom. The molecule has 0 aromatic heterocycles. The first-order valence-electron chi connectivity index (χ1n) is 5.35. The van der Waals surface area contributed by atoms with E-state index in [0.717, 1.165) is 6.26 Å². The maximum absolute atomic E-state index is 11.7. The minimum Gasteiger partial charge on any atom is -0.469 e. The molecule has 0 aromatic carbocycles. The van der Waals surface area contributed by atoms with Crippen molar-refractivity contribution in [3.05, 3.63) is 0 Å². The van der Waals surface area contributed by atoms with Gasteiger partial charge in [0.05, 0.1) is 19.3 Å². The highest BCUT2D eigenvalue weighted by Gasteiger charge is 2.69. The standard InChI is InChI=1S/C10H15Br3O5S/c1-9(2)5(6(9)8(14)17-3)7(10(11,12)13)18-19(4,15)16/h5-7H,1-4H3. The molecule has 0 saturated heterocycles. The largest absolute Gasteiger partial charge is 0.469 e. The third-order valence-corrected chi connectivity index (χ3v) is 5.20. The highest BCUT2D eigenvalue weighted by Crippen LogP contribution is 2.64. The van der Waals surface area contributed by atoms with Gasteiger partial charge >= 0.3 is 5.97 Å². The predicted molar refractivity (Wildman–Crippen MR) is 82.0 cm³/mol. The lowest BCUT2D eigenvalue weighted by Gasteiger charge is -2.25. The second-order valence-electron chi connectivity index (χ2n) is 5.11. The molecule has 0 amide bonds. The van der Waals surface area contributed by atoms with Crippen LogP contribution in [0.4, 0.5) is 0 Å². The van der Waals surface area contributed by atoms with Gasteiger partial charge in [-0.25, -0.2) is 0 Å². The van der Waals surface area contributed by atoms with Gasteiger partial charge in [-0.15, -0.1) is 0 Å². The number of hydrogen-bond donors (Lipinski definition) is 0. The molecule has 1 saturated carbocycles. The molecular formula is C10H15Br3O5S. The quantitative estimate of drug-likeness (QED) is 0.347. The first kappa shape index (κ1) is 17.9. The molecule has 9 heteroatoms. The molecular weight excluding hydrogens is 472 g/mol. The van der Waals surface area contributed by atoms with E-state index in [-0.39, 0.29) is 11.9 Å². The van der Waals surface area contributed by atoms with Crippen LogP contribution in [0.25, 0.3) is 0 Å². The van der Waals surface area contributed by atoms with Gasteiger partial charge in [0.25, 0.3) is 10.1 Å². The van der Waals surface area contributed by atoms with Crippen LogP contribution < -0.4 is 0 Å². The third kappa shape index (κ3) is 4.15. The highest BCUT2D eigenvalue weighted by molar-refractivity contribution is 9.39. The number of alkyl halides is 3. The van der Waals surface area contributed by atoms with Gasteiger partial charge in [-0.1, -0.05) is 61.6 Å². The molecule has 1 rings (SSSR count). The second-order valence-corrected chi connectivity index (χ2v) is 13.7. The zero-order valence-electron chi connectivity index (χ0n) is 10.8. The van der Waals surface area contributed by atoms with Crippen molar-refractivity contribution in [1.29, 1.82) is 0 Å². The van der Waals surface area contributed by atoms with Gasteiger partial charge in [-0.3, -0.25) is 8.98 Å². The first-order valence-corrected chi connectivity index (χ1v) is 9.54. The summed E-state index contributed by atoms with van der Waals surface area (Å²) in [6, 6.07) is 0. The zero-order valence-corrected chi connectivity index (χ0v) is 16.4. The van der Waals surface area contributed by atoms with Crippen LogP contribution in [0.1, 0.15) is 13.8 Å². The molecule has 0 N–H and O–H groups in total. The summed E-state index contributed by atoms with van der Waals surface area (Å²) in [5.41, 5.74) is -0.400. The van der Waals surface area contributed by atoms with Crippen LogP contribution in [0.2, 0.25) is 0 Å². The van der Waals surface area contributed by atoms with Crippen LogP contribution in [0.5, 0.6) is 0 Å². The van der Waals surface area contributed by atoms with Gasteiger partial charge in [0.1, 0.15) is 6.10 Å². The minimum absolute atomic E-state index is 0.298. The first-order chi connectivity index (χ1) is 8.32. The van der Waals surface area contributed by atoms with Crippen LogP contribution in [0, 0.1) is 17.3 Å². The molecule has 1 aliphatic rings. The minimum atomic E-state index is -3.66. The summed E-state index contributed by atoms with van der Waals surface area (Å²) >= 11 is 9.84. The number of esters is 1. The van der Waals surface area contributed by atoms with E-state index in [4.69, 9.17) is 8.92 Å². The summed E-state index contributed by atoms with van der Waals surface area (Å²) in [6.45, 7) is 3.74. The van der Waals surface area contributed by atoms with Crippen LogP contribution in [-0.2, 0) is 23.8 Å². The van der Waals surface area contributed by atoms with Crippen molar-refractivity contribution in [2.45, 2.75) is 22.1 Å². The molecule has 0 radical (unpaired) electrons. The number of methoxy groups -OCH3 is 1. The zero-order chi connectivity index (χ0) is 15.2. The molecule has 1 aliphatic carbocycles. The molecule has 1 fully saturated rings. The Morgan fingerprint density at radius 3 is 2.11 bits per heavy atom. The summed E-state index contributed by atoms with van der Waals surface area (Å²) in [5, 5.41) is 0. The molecule has 112 valence electrons. The van der Waals surface area contributed by atoms with Crippen molar-refractivity contribution in [2.75, 3.05) is 13.4 Å². The Labute approximate surface area is 138 Å². The Morgan fingerprint density at radius 1 is 1.32 bits per heavy atom. The van der Waals surface area contributed by atoms with Crippen molar-refractivity contribution in [2.24, 2.45) is 17.3 Å². The molecule has 19 heavy (non-hydrogen) atoms.